The van der Waals surface area contributed by atoms with Gasteiger partial charge in [0.15, 0.2) is 5.75 Å². The average Bonchev–Trinajstić information content (AvgIpc) is 2.48. The van der Waals surface area contributed by atoms with Crippen LogP contribution in [0.5, 0.6) is 5.75 Å². The first-order valence-corrected chi connectivity index (χ1v) is 7.75. The van der Waals surface area contributed by atoms with Gasteiger partial charge in [-0.2, -0.15) is 5.26 Å². The van der Waals surface area contributed by atoms with E-state index in [0.717, 1.165) is 38.3 Å². The van der Waals surface area contributed by atoms with Crippen molar-refractivity contribution in [3.63, 3.8) is 0 Å². The van der Waals surface area contributed by atoms with Crippen molar-refractivity contribution in [2.45, 2.75) is 13.0 Å². The van der Waals surface area contributed by atoms with Crippen LogP contribution in [0.25, 0.3) is 0 Å². The van der Waals surface area contributed by atoms with Gasteiger partial charge in [0.05, 0.1) is 23.2 Å². The van der Waals surface area contributed by atoms with Gasteiger partial charge >= 0.3 is 0 Å². The molecule has 0 amide bonds. The largest absolute Gasteiger partial charge is 0.494 e. The molecule has 1 heterocycles. The van der Waals surface area contributed by atoms with Crippen LogP contribution in [0, 0.1) is 11.3 Å². The number of hydrogen-bond acceptors (Lipinski definition) is 4. The molecule has 1 aliphatic rings. The molecule has 0 N–H and O–H groups in total. The number of halogens is 2. The predicted octanol–water partition coefficient (Wildman–Crippen LogP) is 3.20. The van der Waals surface area contributed by atoms with Crippen LogP contribution in [0.2, 0.25) is 10.0 Å². The maximum atomic E-state index is 9.54. The highest BCUT2D eigenvalue weighted by molar-refractivity contribution is 6.37. The van der Waals surface area contributed by atoms with E-state index in [0.29, 0.717) is 15.8 Å². The van der Waals surface area contributed by atoms with E-state index in [2.05, 4.69) is 22.8 Å². The van der Waals surface area contributed by atoms with Gasteiger partial charge in [0.1, 0.15) is 6.04 Å². The Morgan fingerprint density at radius 3 is 2.24 bits per heavy atom. The number of likely N-dealkylation sites (N-methyl/N-ethyl adjacent to an activating group) is 1. The molecule has 4 nitrogen and oxygen atoms in total. The molecule has 2 rings (SSSR count). The molecule has 0 radical (unpaired) electrons. The Labute approximate surface area is 135 Å². The van der Waals surface area contributed by atoms with Crippen molar-refractivity contribution in [3.8, 4) is 11.8 Å². The number of piperazine rings is 1. The SMILES string of the molecule is CCN1CCN(C(C#N)c2cc(Cl)c(OC)c(Cl)c2)CC1. The van der Waals surface area contributed by atoms with E-state index in [1.165, 1.54) is 7.11 Å². The molecule has 0 bridgehead atoms. The van der Waals surface area contributed by atoms with E-state index in [-0.39, 0.29) is 6.04 Å². The molecule has 114 valence electrons. The number of benzene rings is 1. The summed E-state index contributed by atoms with van der Waals surface area (Å²) in [5.74, 6) is 0.453. The van der Waals surface area contributed by atoms with Gasteiger partial charge in [-0.25, -0.2) is 0 Å². The molecule has 0 aliphatic carbocycles. The highest BCUT2D eigenvalue weighted by atomic mass is 35.5. The van der Waals surface area contributed by atoms with Crippen LogP contribution in [0.4, 0.5) is 0 Å². The molecule has 0 spiro atoms. The van der Waals surface area contributed by atoms with Gasteiger partial charge in [-0.05, 0) is 24.2 Å². The van der Waals surface area contributed by atoms with Crippen molar-refractivity contribution in [2.24, 2.45) is 0 Å². The normalized spacial score (nSPS) is 18.2. The molecule has 1 aliphatic heterocycles. The van der Waals surface area contributed by atoms with Crippen LogP contribution in [-0.2, 0) is 0 Å². The first-order chi connectivity index (χ1) is 10.1. The third-order valence-electron chi connectivity index (χ3n) is 3.88. The summed E-state index contributed by atoms with van der Waals surface area (Å²) in [6.45, 7) is 6.89. The van der Waals surface area contributed by atoms with Gasteiger partial charge in [0, 0.05) is 26.2 Å². The molecular formula is C15H19Cl2N3O. The lowest BCUT2D eigenvalue weighted by molar-refractivity contribution is 0.118. The van der Waals surface area contributed by atoms with Gasteiger partial charge in [-0.1, -0.05) is 30.1 Å². The fraction of sp³-hybridized carbons (Fsp3) is 0.533. The summed E-state index contributed by atoms with van der Waals surface area (Å²) < 4.78 is 5.15. The minimum absolute atomic E-state index is 0.329. The van der Waals surface area contributed by atoms with E-state index in [9.17, 15) is 5.26 Å². The van der Waals surface area contributed by atoms with Crippen molar-refractivity contribution < 1.29 is 4.74 Å². The Morgan fingerprint density at radius 1 is 1.24 bits per heavy atom. The van der Waals surface area contributed by atoms with Gasteiger partial charge in [-0.3, -0.25) is 4.90 Å². The van der Waals surface area contributed by atoms with E-state index in [4.69, 9.17) is 27.9 Å². The predicted molar refractivity (Wildman–Crippen MR) is 85.1 cm³/mol. The molecule has 0 saturated carbocycles. The van der Waals surface area contributed by atoms with Gasteiger partial charge in [0.2, 0.25) is 0 Å². The lowest BCUT2D eigenvalue weighted by Crippen LogP contribution is -2.47. The molecule has 1 aromatic carbocycles. The monoisotopic (exact) mass is 327 g/mol. The molecule has 1 unspecified atom stereocenters. The van der Waals surface area contributed by atoms with Gasteiger partial charge < -0.3 is 9.64 Å². The summed E-state index contributed by atoms with van der Waals surface area (Å²) in [5, 5.41) is 10.4. The molecule has 1 aromatic rings. The lowest BCUT2D eigenvalue weighted by atomic mass is 10.1. The highest BCUT2D eigenvalue weighted by Crippen LogP contribution is 2.36. The van der Waals surface area contributed by atoms with Gasteiger partial charge in [0.25, 0.3) is 0 Å². The van der Waals surface area contributed by atoms with E-state index in [1.54, 1.807) is 12.1 Å². The topological polar surface area (TPSA) is 39.5 Å². The van der Waals surface area contributed by atoms with Crippen molar-refractivity contribution >= 4 is 23.2 Å². The third-order valence-corrected chi connectivity index (χ3v) is 4.44. The first kappa shape index (κ1) is 16.4. The molecule has 1 fully saturated rings. The first-order valence-electron chi connectivity index (χ1n) is 6.99. The Hall–Kier alpha value is -0.990. The van der Waals surface area contributed by atoms with E-state index in [1.807, 2.05) is 0 Å². The lowest BCUT2D eigenvalue weighted by Gasteiger charge is -2.36. The summed E-state index contributed by atoms with van der Waals surface area (Å²) in [4.78, 5) is 4.54. The molecule has 6 heteroatoms. The number of hydrogen-bond donors (Lipinski definition) is 0. The molecular weight excluding hydrogens is 309 g/mol. The zero-order valence-corrected chi connectivity index (χ0v) is 13.8. The Bertz CT molecular complexity index is 513. The minimum Gasteiger partial charge on any atom is -0.494 e. The van der Waals surface area contributed by atoms with Crippen LogP contribution in [-0.4, -0.2) is 49.6 Å². The maximum absolute atomic E-state index is 9.54. The second-order valence-corrected chi connectivity index (χ2v) is 5.83. The molecule has 0 aromatic heterocycles. The Balaban J connectivity index is 2.21. The third kappa shape index (κ3) is 3.61. The number of methoxy groups -OCH3 is 1. The molecule has 21 heavy (non-hydrogen) atoms. The fourth-order valence-corrected chi connectivity index (χ4v) is 3.30. The zero-order chi connectivity index (χ0) is 15.4. The van der Waals surface area contributed by atoms with Crippen LogP contribution in [0.15, 0.2) is 12.1 Å². The summed E-state index contributed by atoms with van der Waals surface area (Å²) in [6, 6.07) is 5.57. The number of ether oxygens (including phenoxy) is 1. The highest BCUT2D eigenvalue weighted by Gasteiger charge is 2.25. The second-order valence-electron chi connectivity index (χ2n) is 5.02. The molecule has 1 atom stereocenters. The Kier molecular flexibility index (Phi) is 5.72. The second kappa shape index (κ2) is 7.33. The molecule has 1 saturated heterocycles. The average molecular weight is 328 g/mol. The Morgan fingerprint density at radius 2 is 1.81 bits per heavy atom. The quantitative estimate of drug-likeness (QED) is 0.851. The maximum Gasteiger partial charge on any atom is 0.156 e. The standard InChI is InChI=1S/C15H19Cl2N3O/c1-3-19-4-6-20(7-5-19)14(10-18)11-8-12(16)15(21-2)13(17)9-11/h8-9,14H,3-7H2,1-2H3. The van der Waals surface area contributed by atoms with Crippen molar-refractivity contribution in [1.82, 2.24) is 9.80 Å². The van der Waals surface area contributed by atoms with Crippen LogP contribution >= 0.6 is 23.2 Å². The summed E-state index contributed by atoms with van der Waals surface area (Å²) >= 11 is 12.3. The van der Waals surface area contributed by atoms with Crippen LogP contribution < -0.4 is 4.74 Å². The number of nitrogens with zero attached hydrogens (tertiary/aromatic N) is 3. The van der Waals surface area contributed by atoms with Crippen molar-refractivity contribution in [1.29, 1.82) is 5.26 Å². The van der Waals surface area contributed by atoms with E-state index < -0.39 is 0 Å². The minimum atomic E-state index is -0.329. The summed E-state index contributed by atoms with van der Waals surface area (Å²) in [7, 11) is 1.53. The van der Waals surface area contributed by atoms with Crippen molar-refractivity contribution in [2.75, 3.05) is 39.8 Å². The van der Waals surface area contributed by atoms with E-state index >= 15 is 0 Å². The zero-order valence-electron chi connectivity index (χ0n) is 12.3. The van der Waals surface area contributed by atoms with Crippen LogP contribution in [0.1, 0.15) is 18.5 Å². The summed E-state index contributed by atoms with van der Waals surface area (Å²) in [6.07, 6.45) is 0. The van der Waals surface area contributed by atoms with Crippen LogP contribution in [0.3, 0.4) is 0 Å². The number of rotatable bonds is 4. The number of nitriles is 1. The summed E-state index contributed by atoms with van der Waals surface area (Å²) in [5.41, 5.74) is 0.818. The smallest absolute Gasteiger partial charge is 0.156 e. The van der Waals surface area contributed by atoms with Gasteiger partial charge in [-0.15, -0.1) is 0 Å². The fourth-order valence-electron chi connectivity index (χ4n) is 2.64. The van der Waals surface area contributed by atoms with Crippen molar-refractivity contribution in [3.05, 3.63) is 27.7 Å².